The molecule has 0 aliphatic carbocycles. The van der Waals surface area contributed by atoms with Crippen molar-refractivity contribution in [2.24, 2.45) is 11.8 Å². The van der Waals surface area contributed by atoms with E-state index in [0.717, 1.165) is 0 Å². The number of carbonyl (C=O) groups excluding carboxylic acids is 1. The molecule has 0 aliphatic heterocycles. The zero-order valence-corrected chi connectivity index (χ0v) is 9.71. The molecule has 7 nitrogen and oxygen atoms in total. The Morgan fingerprint density at radius 1 is 1.47 bits per heavy atom. The maximum Gasteiger partial charge on any atom is 0.307 e. The molecule has 17 heavy (non-hydrogen) atoms. The van der Waals surface area contributed by atoms with Gasteiger partial charge in [0.1, 0.15) is 0 Å². The molecule has 0 radical (unpaired) electrons. The predicted octanol–water partition coefficient (Wildman–Crippen LogP) is 0.0851. The minimum Gasteiger partial charge on any atom is -0.481 e. The maximum atomic E-state index is 11.6. The normalized spacial score (nSPS) is 14.0. The first-order chi connectivity index (χ1) is 8.02. The lowest BCUT2D eigenvalue weighted by atomic mass is 9.95. The molecule has 2 N–H and O–H groups in total. The van der Waals surface area contributed by atoms with Crippen LogP contribution in [0.15, 0.2) is 10.9 Å². The van der Waals surface area contributed by atoms with Crippen molar-refractivity contribution in [3.05, 3.63) is 12.2 Å². The van der Waals surface area contributed by atoms with Gasteiger partial charge in [0.2, 0.25) is 11.8 Å². The number of hydrogen-bond donors (Lipinski definition) is 2. The molecule has 0 saturated heterocycles. The number of amides is 1. The van der Waals surface area contributed by atoms with Gasteiger partial charge in [0.15, 0.2) is 6.33 Å². The van der Waals surface area contributed by atoms with Gasteiger partial charge in [-0.3, -0.25) is 9.59 Å². The summed E-state index contributed by atoms with van der Waals surface area (Å²) in [5, 5.41) is 14.8. The second-order valence-corrected chi connectivity index (χ2v) is 3.79. The quantitative estimate of drug-likeness (QED) is 0.731. The van der Waals surface area contributed by atoms with Crippen molar-refractivity contribution in [3.8, 4) is 0 Å². The Morgan fingerprint density at radius 3 is 2.71 bits per heavy atom. The minimum absolute atomic E-state index is 0.292. The number of hydrogen-bond acceptors (Lipinski definition) is 5. The van der Waals surface area contributed by atoms with Gasteiger partial charge in [-0.1, -0.05) is 19.0 Å². The first kappa shape index (κ1) is 13.1. The highest BCUT2D eigenvalue weighted by Crippen LogP contribution is 2.10. The molecule has 1 aromatic heterocycles. The summed E-state index contributed by atoms with van der Waals surface area (Å²) in [6, 6.07) is 0. The zero-order valence-electron chi connectivity index (χ0n) is 9.71. The van der Waals surface area contributed by atoms with Crippen LogP contribution in [0, 0.1) is 11.8 Å². The lowest BCUT2D eigenvalue weighted by Gasteiger charge is -2.15. The maximum absolute atomic E-state index is 11.6. The van der Waals surface area contributed by atoms with Crippen LogP contribution in [-0.2, 0) is 16.0 Å². The van der Waals surface area contributed by atoms with E-state index in [9.17, 15) is 9.59 Å². The SMILES string of the molecule is CC(C(=O)O)C(C)C(=O)NCCc1ncno1. The summed E-state index contributed by atoms with van der Waals surface area (Å²) in [5.74, 6) is -2.12. The fourth-order valence-electron chi connectivity index (χ4n) is 1.20. The highest BCUT2D eigenvalue weighted by molar-refractivity contribution is 5.84. The van der Waals surface area contributed by atoms with E-state index in [1.165, 1.54) is 13.3 Å². The van der Waals surface area contributed by atoms with Crippen LogP contribution >= 0.6 is 0 Å². The van der Waals surface area contributed by atoms with Gasteiger partial charge in [0.25, 0.3) is 0 Å². The molecule has 0 fully saturated rings. The van der Waals surface area contributed by atoms with E-state index < -0.39 is 17.8 Å². The Labute approximate surface area is 98.2 Å². The molecule has 0 aliphatic rings. The van der Waals surface area contributed by atoms with E-state index >= 15 is 0 Å². The molecule has 0 spiro atoms. The number of aromatic nitrogens is 2. The molecule has 1 rings (SSSR count). The lowest BCUT2D eigenvalue weighted by Crippen LogP contribution is -2.36. The van der Waals surface area contributed by atoms with Crippen molar-refractivity contribution in [3.63, 3.8) is 0 Å². The average Bonchev–Trinajstić information content (AvgIpc) is 2.79. The number of nitrogens with zero attached hydrogens (tertiary/aromatic N) is 2. The number of carbonyl (C=O) groups is 2. The van der Waals surface area contributed by atoms with Gasteiger partial charge in [-0.15, -0.1) is 0 Å². The van der Waals surface area contributed by atoms with Crippen molar-refractivity contribution in [1.82, 2.24) is 15.5 Å². The fourth-order valence-corrected chi connectivity index (χ4v) is 1.20. The second kappa shape index (κ2) is 5.97. The molecular weight excluding hydrogens is 226 g/mol. The van der Waals surface area contributed by atoms with E-state index in [1.54, 1.807) is 6.92 Å². The van der Waals surface area contributed by atoms with Crippen LogP contribution in [0.25, 0.3) is 0 Å². The van der Waals surface area contributed by atoms with E-state index in [1.807, 2.05) is 0 Å². The third-order valence-corrected chi connectivity index (χ3v) is 2.60. The topological polar surface area (TPSA) is 105 Å². The molecule has 2 unspecified atom stereocenters. The highest BCUT2D eigenvalue weighted by atomic mass is 16.5. The second-order valence-electron chi connectivity index (χ2n) is 3.79. The van der Waals surface area contributed by atoms with E-state index in [0.29, 0.717) is 18.9 Å². The third-order valence-electron chi connectivity index (χ3n) is 2.60. The number of carboxylic acid groups (broad SMARTS) is 1. The Balaban J connectivity index is 2.32. The predicted molar refractivity (Wildman–Crippen MR) is 57.0 cm³/mol. The van der Waals surface area contributed by atoms with Crippen molar-refractivity contribution in [2.45, 2.75) is 20.3 Å². The van der Waals surface area contributed by atoms with Crippen LogP contribution in [-0.4, -0.2) is 33.7 Å². The van der Waals surface area contributed by atoms with Crippen LogP contribution in [0.1, 0.15) is 19.7 Å². The summed E-state index contributed by atoms with van der Waals surface area (Å²) in [5.41, 5.74) is 0. The first-order valence-corrected chi connectivity index (χ1v) is 5.28. The number of rotatable bonds is 6. The zero-order chi connectivity index (χ0) is 12.8. The Hall–Kier alpha value is -1.92. The van der Waals surface area contributed by atoms with Crippen LogP contribution in [0.4, 0.5) is 0 Å². The van der Waals surface area contributed by atoms with Gasteiger partial charge in [0, 0.05) is 18.9 Å². The summed E-state index contributed by atoms with van der Waals surface area (Å²) < 4.78 is 4.75. The smallest absolute Gasteiger partial charge is 0.307 e. The molecule has 0 aromatic carbocycles. The van der Waals surface area contributed by atoms with Gasteiger partial charge in [-0.2, -0.15) is 4.98 Å². The third kappa shape index (κ3) is 3.86. The number of carboxylic acids is 1. The van der Waals surface area contributed by atoms with Gasteiger partial charge in [-0.05, 0) is 0 Å². The summed E-state index contributed by atoms with van der Waals surface area (Å²) in [6.45, 7) is 3.43. The van der Waals surface area contributed by atoms with Crippen molar-refractivity contribution in [1.29, 1.82) is 0 Å². The Morgan fingerprint density at radius 2 is 2.18 bits per heavy atom. The molecule has 1 aromatic rings. The summed E-state index contributed by atoms with van der Waals surface area (Å²) >= 11 is 0. The summed E-state index contributed by atoms with van der Waals surface area (Å²) in [7, 11) is 0. The van der Waals surface area contributed by atoms with Crippen molar-refractivity contribution >= 4 is 11.9 Å². The van der Waals surface area contributed by atoms with Crippen molar-refractivity contribution < 1.29 is 19.2 Å². The number of nitrogens with one attached hydrogen (secondary N) is 1. The molecule has 0 saturated carbocycles. The first-order valence-electron chi connectivity index (χ1n) is 5.28. The minimum atomic E-state index is -0.982. The molecule has 2 atom stereocenters. The van der Waals surface area contributed by atoms with Gasteiger partial charge in [0.05, 0.1) is 5.92 Å². The highest BCUT2D eigenvalue weighted by Gasteiger charge is 2.25. The van der Waals surface area contributed by atoms with Gasteiger partial charge >= 0.3 is 5.97 Å². The molecule has 1 heterocycles. The van der Waals surface area contributed by atoms with Gasteiger partial charge in [-0.25, -0.2) is 0 Å². The summed E-state index contributed by atoms with van der Waals surface area (Å²) in [4.78, 5) is 26.1. The van der Waals surface area contributed by atoms with E-state index in [-0.39, 0.29) is 5.91 Å². The number of aliphatic carboxylic acids is 1. The van der Waals surface area contributed by atoms with E-state index in [4.69, 9.17) is 9.63 Å². The summed E-state index contributed by atoms with van der Waals surface area (Å²) in [6.07, 6.45) is 1.71. The Kier molecular flexibility index (Phi) is 4.62. The standard InChI is InChI=1S/C10H15N3O4/c1-6(7(2)10(15)16)9(14)11-4-3-8-12-5-13-17-8/h5-7H,3-4H2,1-2H3,(H,11,14)(H,15,16). The largest absolute Gasteiger partial charge is 0.481 e. The average molecular weight is 241 g/mol. The van der Waals surface area contributed by atoms with Crippen LogP contribution in [0.2, 0.25) is 0 Å². The monoisotopic (exact) mass is 241 g/mol. The fraction of sp³-hybridized carbons (Fsp3) is 0.600. The lowest BCUT2D eigenvalue weighted by molar-refractivity contribution is -0.146. The van der Waals surface area contributed by atoms with Crippen LogP contribution in [0.3, 0.4) is 0 Å². The Bertz CT molecular complexity index is 377. The molecule has 94 valence electrons. The van der Waals surface area contributed by atoms with E-state index in [2.05, 4.69) is 15.5 Å². The van der Waals surface area contributed by atoms with Crippen molar-refractivity contribution in [2.75, 3.05) is 6.54 Å². The molecule has 1 amide bonds. The molecular formula is C10H15N3O4. The van der Waals surface area contributed by atoms with Crippen LogP contribution < -0.4 is 5.32 Å². The molecule has 0 bridgehead atoms. The molecule has 7 heteroatoms. The van der Waals surface area contributed by atoms with Gasteiger partial charge < -0.3 is 14.9 Å². The van der Waals surface area contributed by atoms with Crippen LogP contribution in [0.5, 0.6) is 0 Å².